The summed E-state index contributed by atoms with van der Waals surface area (Å²) < 4.78 is 6.16. The molecule has 0 amide bonds. The van der Waals surface area contributed by atoms with Crippen molar-refractivity contribution in [2.75, 3.05) is 6.61 Å². The Balaban J connectivity index is 1.85. The molecule has 0 aromatic heterocycles. The van der Waals surface area contributed by atoms with Crippen molar-refractivity contribution in [2.45, 2.75) is 77.7 Å². The quantitative estimate of drug-likeness (QED) is 0.599. The molecule has 0 radical (unpaired) electrons. The highest BCUT2D eigenvalue weighted by molar-refractivity contribution is 5.05. The maximum absolute atomic E-state index is 6.16. The molecule has 1 heteroatoms. The topological polar surface area (TPSA) is 9.23 Å². The molecule has 1 nitrogen and oxygen atoms in total. The third kappa shape index (κ3) is 1.85. The van der Waals surface area contributed by atoms with E-state index in [0.717, 1.165) is 12.5 Å². The monoisotopic (exact) mass is 236 g/mol. The van der Waals surface area contributed by atoms with Gasteiger partial charge in [0.2, 0.25) is 0 Å². The van der Waals surface area contributed by atoms with Gasteiger partial charge in [0.1, 0.15) is 0 Å². The molecule has 2 saturated carbocycles. The molecule has 3 atom stereocenters. The van der Waals surface area contributed by atoms with Crippen LogP contribution >= 0.6 is 0 Å². The zero-order valence-corrected chi connectivity index (χ0v) is 11.8. The van der Waals surface area contributed by atoms with E-state index >= 15 is 0 Å². The van der Waals surface area contributed by atoms with E-state index in [9.17, 15) is 0 Å². The SMILES string of the molecule is CC1(C)CCC[C@]2(C)C[C@]3(CCCO3)CC[C@@H]12. The summed E-state index contributed by atoms with van der Waals surface area (Å²) in [5.74, 6) is 0.929. The summed E-state index contributed by atoms with van der Waals surface area (Å²) in [5, 5.41) is 0. The third-order valence-corrected chi connectivity index (χ3v) is 6.15. The molecule has 2 aliphatic carbocycles. The minimum Gasteiger partial charge on any atom is -0.375 e. The van der Waals surface area contributed by atoms with Crippen molar-refractivity contribution in [3.05, 3.63) is 0 Å². The van der Waals surface area contributed by atoms with Crippen LogP contribution in [-0.4, -0.2) is 12.2 Å². The summed E-state index contributed by atoms with van der Waals surface area (Å²) in [4.78, 5) is 0. The molecule has 1 aliphatic heterocycles. The maximum Gasteiger partial charge on any atom is 0.0688 e. The third-order valence-electron chi connectivity index (χ3n) is 6.15. The number of hydrogen-bond donors (Lipinski definition) is 0. The van der Waals surface area contributed by atoms with E-state index in [0.29, 0.717) is 16.4 Å². The lowest BCUT2D eigenvalue weighted by atomic mass is 9.49. The van der Waals surface area contributed by atoms with E-state index in [1.54, 1.807) is 0 Å². The normalized spacial score (nSPS) is 49.2. The Kier molecular flexibility index (Phi) is 2.63. The molecule has 98 valence electrons. The zero-order valence-electron chi connectivity index (χ0n) is 11.8. The van der Waals surface area contributed by atoms with Gasteiger partial charge in [0, 0.05) is 6.61 Å². The summed E-state index contributed by atoms with van der Waals surface area (Å²) in [5.41, 5.74) is 1.41. The van der Waals surface area contributed by atoms with Crippen LogP contribution in [0.4, 0.5) is 0 Å². The van der Waals surface area contributed by atoms with Crippen LogP contribution in [0.25, 0.3) is 0 Å². The van der Waals surface area contributed by atoms with E-state index in [2.05, 4.69) is 20.8 Å². The number of hydrogen-bond acceptors (Lipinski definition) is 1. The Hall–Kier alpha value is -0.0400. The first kappa shape index (κ1) is 12.0. The van der Waals surface area contributed by atoms with E-state index in [1.165, 1.54) is 51.4 Å². The van der Waals surface area contributed by atoms with Gasteiger partial charge in [0.15, 0.2) is 0 Å². The van der Waals surface area contributed by atoms with Crippen LogP contribution in [0.3, 0.4) is 0 Å². The van der Waals surface area contributed by atoms with Gasteiger partial charge in [-0.3, -0.25) is 0 Å². The number of rotatable bonds is 0. The van der Waals surface area contributed by atoms with Crippen LogP contribution in [0.15, 0.2) is 0 Å². The van der Waals surface area contributed by atoms with Gasteiger partial charge < -0.3 is 4.74 Å². The van der Waals surface area contributed by atoms with E-state index in [-0.39, 0.29) is 0 Å². The van der Waals surface area contributed by atoms with Gasteiger partial charge in [0.25, 0.3) is 0 Å². The molecule has 0 N–H and O–H groups in total. The molecule has 0 aromatic carbocycles. The zero-order chi connectivity index (χ0) is 12.1. The molecule has 3 rings (SSSR count). The van der Waals surface area contributed by atoms with Gasteiger partial charge in [-0.1, -0.05) is 27.2 Å². The summed E-state index contributed by atoms with van der Waals surface area (Å²) in [6.45, 7) is 8.58. The minimum atomic E-state index is 0.290. The van der Waals surface area contributed by atoms with E-state index in [1.807, 2.05) is 0 Å². The van der Waals surface area contributed by atoms with Gasteiger partial charge in [-0.25, -0.2) is 0 Å². The second-order valence-corrected chi connectivity index (χ2v) is 7.90. The Bertz CT molecular complexity index is 301. The Morgan fingerprint density at radius 2 is 1.76 bits per heavy atom. The van der Waals surface area contributed by atoms with Crippen molar-refractivity contribution in [1.82, 2.24) is 0 Å². The largest absolute Gasteiger partial charge is 0.375 e. The first-order valence-corrected chi connectivity index (χ1v) is 7.60. The molecular weight excluding hydrogens is 208 g/mol. The molecule has 1 spiro atoms. The van der Waals surface area contributed by atoms with Crippen molar-refractivity contribution in [1.29, 1.82) is 0 Å². The Morgan fingerprint density at radius 1 is 0.941 bits per heavy atom. The van der Waals surface area contributed by atoms with Gasteiger partial charge in [-0.15, -0.1) is 0 Å². The standard InChI is InChI=1S/C16H28O/c1-14(2)7-4-8-15(3)12-16(9-5-11-17-16)10-6-13(14)15/h13H,4-12H2,1-3H3/t13-,15+,16-/m0/s1. The van der Waals surface area contributed by atoms with Gasteiger partial charge in [0.05, 0.1) is 5.60 Å². The smallest absolute Gasteiger partial charge is 0.0688 e. The Morgan fingerprint density at radius 3 is 2.47 bits per heavy atom. The fraction of sp³-hybridized carbons (Fsp3) is 1.00. The van der Waals surface area contributed by atoms with Crippen LogP contribution in [0, 0.1) is 16.7 Å². The van der Waals surface area contributed by atoms with Gasteiger partial charge in [-0.05, 0) is 61.7 Å². The van der Waals surface area contributed by atoms with Gasteiger partial charge >= 0.3 is 0 Å². The second kappa shape index (κ2) is 3.73. The lowest BCUT2D eigenvalue weighted by Crippen LogP contribution is -2.51. The predicted octanol–water partition coefficient (Wildman–Crippen LogP) is 4.55. The molecule has 3 aliphatic rings. The summed E-state index contributed by atoms with van der Waals surface area (Å²) in [7, 11) is 0. The van der Waals surface area contributed by atoms with Gasteiger partial charge in [-0.2, -0.15) is 0 Å². The highest BCUT2D eigenvalue weighted by Gasteiger charge is 2.54. The van der Waals surface area contributed by atoms with E-state index < -0.39 is 0 Å². The molecular formula is C16H28O. The molecule has 0 bridgehead atoms. The van der Waals surface area contributed by atoms with Crippen LogP contribution in [-0.2, 0) is 4.74 Å². The van der Waals surface area contributed by atoms with Crippen molar-refractivity contribution in [3.8, 4) is 0 Å². The molecule has 3 fully saturated rings. The van der Waals surface area contributed by atoms with Crippen molar-refractivity contribution in [3.63, 3.8) is 0 Å². The summed E-state index contributed by atoms with van der Waals surface area (Å²) in [6.07, 6.45) is 11.0. The highest BCUT2D eigenvalue weighted by atomic mass is 16.5. The van der Waals surface area contributed by atoms with Crippen LogP contribution in [0.5, 0.6) is 0 Å². The predicted molar refractivity (Wildman–Crippen MR) is 71.0 cm³/mol. The minimum absolute atomic E-state index is 0.290. The first-order chi connectivity index (χ1) is 7.96. The fourth-order valence-corrected chi connectivity index (χ4v) is 5.51. The van der Waals surface area contributed by atoms with Crippen LogP contribution in [0.2, 0.25) is 0 Å². The molecule has 1 heterocycles. The Labute approximate surface area is 106 Å². The first-order valence-electron chi connectivity index (χ1n) is 7.60. The average Bonchev–Trinajstić information content (AvgIpc) is 2.63. The van der Waals surface area contributed by atoms with Crippen molar-refractivity contribution in [2.24, 2.45) is 16.7 Å². The highest BCUT2D eigenvalue weighted by Crippen LogP contribution is 2.61. The molecule has 17 heavy (non-hydrogen) atoms. The summed E-state index contributed by atoms with van der Waals surface area (Å²) >= 11 is 0. The lowest BCUT2D eigenvalue weighted by molar-refractivity contribution is -0.129. The molecule has 0 aromatic rings. The van der Waals surface area contributed by atoms with Crippen molar-refractivity contribution >= 4 is 0 Å². The fourth-order valence-electron chi connectivity index (χ4n) is 5.51. The van der Waals surface area contributed by atoms with Crippen molar-refractivity contribution < 1.29 is 4.74 Å². The average molecular weight is 236 g/mol. The maximum atomic E-state index is 6.16. The summed E-state index contributed by atoms with van der Waals surface area (Å²) in [6, 6.07) is 0. The number of ether oxygens (including phenoxy) is 1. The molecule has 0 unspecified atom stereocenters. The van der Waals surface area contributed by atoms with E-state index in [4.69, 9.17) is 4.74 Å². The second-order valence-electron chi connectivity index (χ2n) is 7.90. The lowest BCUT2D eigenvalue weighted by Gasteiger charge is -2.57. The molecule has 1 saturated heterocycles. The van der Waals surface area contributed by atoms with Crippen LogP contribution < -0.4 is 0 Å². The van der Waals surface area contributed by atoms with Crippen LogP contribution in [0.1, 0.15) is 72.1 Å². The number of fused-ring (bicyclic) bond motifs is 1.